The van der Waals surface area contributed by atoms with Crippen molar-refractivity contribution in [2.24, 2.45) is 0 Å². The van der Waals surface area contributed by atoms with Crippen molar-refractivity contribution in [2.45, 2.75) is 45.1 Å². The molecule has 0 fully saturated rings. The molecule has 2 aromatic carbocycles. The van der Waals surface area contributed by atoms with Gasteiger partial charge in [0.15, 0.2) is 0 Å². The van der Waals surface area contributed by atoms with Crippen molar-refractivity contribution in [1.82, 2.24) is 15.2 Å². The van der Waals surface area contributed by atoms with Crippen LogP contribution in [0.3, 0.4) is 0 Å². The molecule has 0 aromatic heterocycles. The zero-order valence-electron chi connectivity index (χ0n) is 19.8. The Balaban J connectivity index is 2.06. The molecule has 0 aliphatic rings. The van der Waals surface area contributed by atoms with Crippen molar-refractivity contribution in [1.29, 1.82) is 0 Å². The minimum Gasteiger partial charge on any atom is -0.444 e. The van der Waals surface area contributed by atoms with E-state index in [-0.39, 0.29) is 16.0 Å². The highest BCUT2D eigenvalue weighted by Gasteiger charge is 2.23. The van der Waals surface area contributed by atoms with Gasteiger partial charge in [-0.2, -0.15) is 4.31 Å². The summed E-state index contributed by atoms with van der Waals surface area (Å²) in [5, 5.41) is 2.53. The Bertz CT molecular complexity index is 1150. The molecule has 0 heterocycles. The van der Waals surface area contributed by atoms with Crippen LogP contribution in [0.15, 0.2) is 53.4 Å². The topological polar surface area (TPSA) is 134 Å². The monoisotopic (exact) mass is 490 g/mol. The van der Waals surface area contributed by atoms with Crippen LogP contribution in [-0.4, -0.2) is 49.3 Å². The molecule has 2 aromatic rings. The number of ether oxygens (including phenoxy) is 1. The van der Waals surface area contributed by atoms with E-state index in [9.17, 15) is 22.8 Å². The number of amides is 3. The molecular weight excluding hydrogens is 460 g/mol. The van der Waals surface area contributed by atoms with Crippen LogP contribution < -0.4 is 16.2 Å². The number of nitrogens with zero attached hydrogens (tertiary/aromatic N) is 1. The third-order valence-electron chi connectivity index (χ3n) is 4.50. The summed E-state index contributed by atoms with van der Waals surface area (Å²) < 4.78 is 31.8. The van der Waals surface area contributed by atoms with Crippen molar-refractivity contribution in [3.05, 3.63) is 59.7 Å². The van der Waals surface area contributed by atoms with E-state index >= 15 is 0 Å². The van der Waals surface area contributed by atoms with Gasteiger partial charge in [0.05, 0.1) is 4.90 Å². The number of anilines is 1. The van der Waals surface area contributed by atoms with Crippen LogP contribution in [0.4, 0.5) is 10.5 Å². The third kappa shape index (κ3) is 7.29. The lowest BCUT2D eigenvalue weighted by molar-refractivity contribution is 0.0635. The van der Waals surface area contributed by atoms with Crippen molar-refractivity contribution < 1.29 is 27.5 Å². The Morgan fingerprint density at radius 1 is 0.882 bits per heavy atom. The number of carbonyl (C=O) groups is 3. The maximum absolute atomic E-state index is 12.7. The number of rotatable bonds is 7. The summed E-state index contributed by atoms with van der Waals surface area (Å²) in [5.74, 6) is -1.32. The molecule has 0 aliphatic carbocycles. The van der Waals surface area contributed by atoms with Gasteiger partial charge in [-0.15, -0.1) is 0 Å². The molecule has 10 nitrogen and oxygen atoms in total. The molecule has 0 saturated heterocycles. The normalized spacial score (nSPS) is 11.6. The van der Waals surface area contributed by atoms with Crippen LogP contribution in [0, 0.1) is 0 Å². The second-order valence-corrected chi connectivity index (χ2v) is 10.2. The van der Waals surface area contributed by atoms with Crippen LogP contribution in [0.2, 0.25) is 0 Å². The minimum absolute atomic E-state index is 0.0175. The highest BCUT2D eigenvalue weighted by Crippen LogP contribution is 2.17. The molecule has 184 valence electrons. The molecule has 0 unspecified atom stereocenters. The third-order valence-corrected chi connectivity index (χ3v) is 6.54. The number of hydrogen-bond donors (Lipinski definition) is 3. The Morgan fingerprint density at radius 3 is 1.94 bits per heavy atom. The highest BCUT2D eigenvalue weighted by molar-refractivity contribution is 7.89. The average Bonchev–Trinajstić information content (AvgIpc) is 2.76. The number of nitrogens with one attached hydrogen (secondary N) is 3. The van der Waals surface area contributed by atoms with Gasteiger partial charge in [-0.05, 0) is 57.2 Å². The van der Waals surface area contributed by atoms with Gasteiger partial charge in [-0.1, -0.05) is 26.0 Å². The van der Waals surface area contributed by atoms with Crippen molar-refractivity contribution in [3.8, 4) is 0 Å². The number of carbonyl (C=O) groups excluding carboxylic acids is 3. The second kappa shape index (κ2) is 11.1. The van der Waals surface area contributed by atoms with Gasteiger partial charge in [0.1, 0.15) is 5.60 Å². The Kier molecular flexibility index (Phi) is 8.77. The first-order valence-corrected chi connectivity index (χ1v) is 12.1. The Labute approximate surface area is 199 Å². The molecule has 0 aliphatic heterocycles. The fourth-order valence-electron chi connectivity index (χ4n) is 2.93. The molecule has 0 radical (unpaired) electrons. The molecule has 2 rings (SSSR count). The van der Waals surface area contributed by atoms with E-state index in [0.717, 1.165) is 0 Å². The van der Waals surface area contributed by atoms with E-state index < -0.39 is 33.5 Å². The average molecular weight is 491 g/mol. The quantitative estimate of drug-likeness (QED) is 0.511. The maximum atomic E-state index is 12.7. The molecular formula is C23H30N4O6S. The van der Waals surface area contributed by atoms with Gasteiger partial charge in [-0.3, -0.25) is 25.8 Å². The van der Waals surface area contributed by atoms with Crippen LogP contribution in [-0.2, 0) is 14.8 Å². The van der Waals surface area contributed by atoms with E-state index in [4.69, 9.17) is 4.74 Å². The number of sulfonamides is 1. The van der Waals surface area contributed by atoms with Gasteiger partial charge in [0.2, 0.25) is 10.0 Å². The molecule has 11 heteroatoms. The van der Waals surface area contributed by atoms with Crippen molar-refractivity contribution >= 4 is 33.6 Å². The lowest BCUT2D eigenvalue weighted by atomic mass is 10.2. The first kappa shape index (κ1) is 26.8. The number of hydrogen-bond acceptors (Lipinski definition) is 6. The van der Waals surface area contributed by atoms with Gasteiger partial charge in [-0.25, -0.2) is 13.2 Å². The van der Waals surface area contributed by atoms with Crippen LogP contribution in [0.25, 0.3) is 0 Å². The smallest absolute Gasteiger partial charge is 0.412 e. The standard InChI is InChI=1S/C23H30N4O6S/c1-6-27(7-2)34(31,32)19-13-9-11-17(15-19)21(29)26-25-20(28)16-10-8-12-18(14-16)24-22(30)33-23(3,4)5/h8-15H,6-7H2,1-5H3,(H,24,30)(H,25,28)(H,26,29). The summed E-state index contributed by atoms with van der Waals surface area (Å²) >= 11 is 0. The number of hydrazine groups is 1. The van der Waals surface area contributed by atoms with E-state index in [2.05, 4.69) is 16.2 Å². The molecule has 0 atom stereocenters. The zero-order chi connectivity index (χ0) is 25.5. The van der Waals surface area contributed by atoms with Crippen LogP contribution >= 0.6 is 0 Å². The van der Waals surface area contributed by atoms with Gasteiger partial charge >= 0.3 is 6.09 Å². The first-order chi connectivity index (χ1) is 15.9. The van der Waals surface area contributed by atoms with E-state index in [1.807, 2.05) is 0 Å². The summed E-state index contributed by atoms with van der Waals surface area (Å²) in [6, 6.07) is 11.6. The molecule has 3 amide bonds. The fourth-order valence-corrected chi connectivity index (χ4v) is 4.43. The number of benzene rings is 2. The van der Waals surface area contributed by atoms with Crippen LogP contribution in [0.5, 0.6) is 0 Å². The fraction of sp³-hybridized carbons (Fsp3) is 0.348. The molecule has 0 bridgehead atoms. The first-order valence-electron chi connectivity index (χ1n) is 10.7. The predicted molar refractivity (Wildman–Crippen MR) is 128 cm³/mol. The molecule has 34 heavy (non-hydrogen) atoms. The van der Waals surface area contributed by atoms with E-state index in [0.29, 0.717) is 18.8 Å². The Hall–Kier alpha value is -3.44. The summed E-state index contributed by atoms with van der Waals surface area (Å²) in [6.07, 6.45) is -0.669. The lowest BCUT2D eigenvalue weighted by Crippen LogP contribution is -2.41. The summed E-state index contributed by atoms with van der Waals surface area (Å²) in [5.41, 5.74) is 4.44. The summed E-state index contributed by atoms with van der Waals surface area (Å²) in [7, 11) is -3.74. The molecule has 0 saturated carbocycles. The van der Waals surface area contributed by atoms with E-state index in [1.165, 1.54) is 40.7 Å². The highest BCUT2D eigenvalue weighted by atomic mass is 32.2. The zero-order valence-corrected chi connectivity index (χ0v) is 20.7. The minimum atomic E-state index is -3.74. The van der Waals surface area contributed by atoms with Crippen molar-refractivity contribution in [2.75, 3.05) is 18.4 Å². The van der Waals surface area contributed by atoms with Crippen molar-refractivity contribution in [3.63, 3.8) is 0 Å². The summed E-state index contributed by atoms with van der Waals surface area (Å²) in [6.45, 7) is 9.24. The second-order valence-electron chi connectivity index (χ2n) is 8.23. The SMILES string of the molecule is CCN(CC)S(=O)(=O)c1cccc(C(=O)NNC(=O)c2cccc(NC(=O)OC(C)(C)C)c2)c1. The summed E-state index contributed by atoms with van der Waals surface area (Å²) in [4.78, 5) is 36.9. The largest absolute Gasteiger partial charge is 0.444 e. The van der Waals surface area contributed by atoms with E-state index in [1.54, 1.807) is 46.8 Å². The Morgan fingerprint density at radius 2 is 1.41 bits per heavy atom. The van der Waals surface area contributed by atoms with Gasteiger partial charge in [0.25, 0.3) is 11.8 Å². The lowest BCUT2D eigenvalue weighted by Gasteiger charge is -2.19. The van der Waals surface area contributed by atoms with Crippen LogP contribution in [0.1, 0.15) is 55.3 Å². The maximum Gasteiger partial charge on any atom is 0.412 e. The predicted octanol–water partition coefficient (Wildman–Crippen LogP) is 3.14. The van der Waals surface area contributed by atoms with Gasteiger partial charge < -0.3 is 4.74 Å². The van der Waals surface area contributed by atoms with Gasteiger partial charge in [0, 0.05) is 29.9 Å². The molecule has 3 N–H and O–H groups in total. The molecule has 0 spiro atoms.